The lowest BCUT2D eigenvalue weighted by molar-refractivity contribution is -0.0000405. The van der Waals surface area contributed by atoms with Gasteiger partial charge in [0.05, 0.1) is 5.66 Å². The van der Waals surface area contributed by atoms with Gasteiger partial charge >= 0.3 is 0 Å². The molecule has 13 heavy (non-hydrogen) atoms. The van der Waals surface area contributed by atoms with Crippen molar-refractivity contribution in [3.05, 3.63) is 0 Å². The zero-order valence-corrected chi connectivity index (χ0v) is 8.81. The van der Waals surface area contributed by atoms with E-state index in [9.17, 15) is 0 Å². The quantitative estimate of drug-likeness (QED) is 0.667. The first-order valence-corrected chi connectivity index (χ1v) is 5.87. The molecule has 1 aliphatic carbocycles. The molecule has 2 rings (SSSR count). The fourth-order valence-corrected chi connectivity index (χ4v) is 3.01. The molecule has 1 spiro atoms. The smallest absolute Gasteiger partial charge is 0.0712 e. The minimum Gasteiger partial charge on any atom is -0.299 e. The first-order chi connectivity index (χ1) is 6.37. The predicted octanol–water partition coefficient (Wildman–Crippen LogP) is 1.96. The molecule has 0 bridgehead atoms. The number of nitrogens with one attached hydrogen (secondary N) is 1. The van der Waals surface area contributed by atoms with Crippen LogP contribution in [0.15, 0.2) is 0 Å². The highest BCUT2D eigenvalue weighted by Crippen LogP contribution is 2.32. The first-order valence-electron chi connectivity index (χ1n) is 5.87. The van der Waals surface area contributed by atoms with Crippen LogP contribution in [0.5, 0.6) is 0 Å². The largest absolute Gasteiger partial charge is 0.299 e. The molecule has 0 atom stereocenters. The highest BCUT2D eigenvalue weighted by molar-refractivity contribution is 4.93. The summed E-state index contributed by atoms with van der Waals surface area (Å²) in [6.07, 6.45) is 8.37. The van der Waals surface area contributed by atoms with Gasteiger partial charge in [-0.05, 0) is 32.4 Å². The van der Waals surface area contributed by atoms with Gasteiger partial charge in [-0.3, -0.25) is 10.2 Å². The van der Waals surface area contributed by atoms with Crippen LogP contribution in [-0.4, -0.2) is 30.2 Å². The van der Waals surface area contributed by atoms with Crippen LogP contribution in [0.1, 0.15) is 45.4 Å². The Morgan fingerprint density at radius 3 is 2.62 bits per heavy atom. The van der Waals surface area contributed by atoms with E-state index in [1.54, 1.807) is 0 Å². The number of nitrogens with zero attached hydrogens (tertiary/aromatic N) is 1. The van der Waals surface area contributed by atoms with Crippen LogP contribution in [0.3, 0.4) is 0 Å². The van der Waals surface area contributed by atoms with E-state index >= 15 is 0 Å². The average molecular weight is 182 g/mol. The van der Waals surface area contributed by atoms with Gasteiger partial charge in [0, 0.05) is 6.54 Å². The van der Waals surface area contributed by atoms with E-state index < -0.39 is 0 Å². The number of hydrogen-bond acceptors (Lipinski definition) is 2. The van der Waals surface area contributed by atoms with E-state index in [1.165, 1.54) is 58.2 Å². The lowest BCUT2D eigenvalue weighted by Gasteiger charge is -2.50. The van der Waals surface area contributed by atoms with Crippen LogP contribution < -0.4 is 5.32 Å². The van der Waals surface area contributed by atoms with Gasteiger partial charge in [-0.1, -0.05) is 26.2 Å². The van der Waals surface area contributed by atoms with Gasteiger partial charge in [-0.15, -0.1) is 0 Å². The summed E-state index contributed by atoms with van der Waals surface area (Å²) in [6.45, 7) is 6.05. The third kappa shape index (κ3) is 1.75. The van der Waals surface area contributed by atoms with Crippen molar-refractivity contribution in [2.45, 2.75) is 51.1 Å². The third-order valence-corrected chi connectivity index (χ3v) is 3.73. The summed E-state index contributed by atoms with van der Waals surface area (Å²) < 4.78 is 0. The maximum absolute atomic E-state index is 3.76. The van der Waals surface area contributed by atoms with Gasteiger partial charge in [0.15, 0.2) is 0 Å². The summed E-state index contributed by atoms with van der Waals surface area (Å²) in [5.74, 6) is 0. The monoisotopic (exact) mass is 182 g/mol. The molecule has 0 aromatic carbocycles. The van der Waals surface area contributed by atoms with Gasteiger partial charge < -0.3 is 0 Å². The second kappa shape index (κ2) is 3.97. The summed E-state index contributed by atoms with van der Waals surface area (Å²) in [5, 5.41) is 3.76. The van der Waals surface area contributed by atoms with Crippen LogP contribution in [0.25, 0.3) is 0 Å². The van der Waals surface area contributed by atoms with Crippen molar-refractivity contribution in [1.82, 2.24) is 10.2 Å². The summed E-state index contributed by atoms with van der Waals surface area (Å²) in [5.41, 5.74) is 0.408. The zero-order chi connectivity index (χ0) is 9.15. The van der Waals surface area contributed by atoms with Crippen LogP contribution in [-0.2, 0) is 0 Å². The van der Waals surface area contributed by atoms with E-state index in [2.05, 4.69) is 17.1 Å². The molecule has 2 heteroatoms. The molecule has 0 amide bonds. The third-order valence-electron chi connectivity index (χ3n) is 3.73. The van der Waals surface area contributed by atoms with Crippen LogP contribution in [0.2, 0.25) is 0 Å². The standard InChI is InChI=1S/C11H22N2/c1-2-13-10-6-9-12-11(13)7-4-3-5-8-11/h12H,2-10H2,1H3. The molecule has 2 nitrogen and oxygen atoms in total. The van der Waals surface area contributed by atoms with Crippen molar-refractivity contribution in [3.63, 3.8) is 0 Å². The zero-order valence-electron chi connectivity index (χ0n) is 8.81. The fourth-order valence-electron chi connectivity index (χ4n) is 3.01. The molecule has 1 saturated carbocycles. The normalized spacial score (nSPS) is 29.3. The molecule has 1 saturated heterocycles. The van der Waals surface area contributed by atoms with Crippen molar-refractivity contribution >= 4 is 0 Å². The van der Waals surface area contributed by atoms with Crippen LogP contribution in [0, 0.1) is 0 Å². The Labute approximate surface area is 81.7 Å². The second-order valence-electron chi connectivity index (χ2n) is 4.45. The molecule has 0 aromatic heterocycles. The van der Waals surface area contributed by atoms with Crippen molar-refractivity contribution in [1.29, 1.82) is 0 Å². The van der Waals surface area contributed by atoms with Crippen LogP contribution >= 0.6 is 0 Å². The van der Waals surface area contributed by atoms with Crippen molar-refractivity contribution in [3.8, 4) is 0 Å². The Morgan fingerprint density at radius 1 is 1.15 bits per heavy atom. The van der Waals surface area contributed by atoms with Crippen molar-refractivity contribution in [2.75, 3.05) is 19.6 Å². The Kier molecular flexibility index (Phi) is 2.89. The maximum Gasteiger partial charge on any atom is 0.0712 e. The molecule has 2 fully saturated rings. The van der Waals surface area contributed by atoms with Gasteiger partial charge in [0.2, 0.25) is 0 Å². The van der Waals surface area contributed by atoms with Crippen molar-refractivity contribution in [2.24, 2.45) is 0 Å². The lowest BCUT2D eigenvalue weighted by atomic mass is 9.86. The van der Waals surface area contributed by atoms with Gasteiger partial charge in [-0.25, -0.2) is 0 Å². The summed E-state index contributed by atoms with van der Waals surface area (Å²) in [4.78, 5) is 2.66. The molecule has 2 aliphatic rings. The highest BCUT2D eigenvalue weighted by Gasteiger charge is 2.38. The van der Waals surface area contributed by atoms with Crippen molar-refractivity contribution < 1.29 is 0 Å². The Hall–Kier alpha value is -0.0800. The molecule has 0 aromatic rings. The van der Waals surface area contributed by atoms with E-state index in [0.29, 0.717) is 5.66 Å². The topological polar surface area (TPSA) is 15.3 Å². The number of hydrogen-bond donors (Lipinski definition) is 1. The highest BCUT2D eigenvalue weighted by atomic mass is 15.3. The molecule has 76 valence electrons. The lowest BCUT2D eigenvalue weighted by Crippen LogP contribution is -2.63. The molecular weight excluding hydrogens is 160 g/mol. The molecule has 1 heterocycles. The van der Waals surface area contributed by atoms with E-state index in [4.69, 9.17) is 0 Å². The minimum atomic E-state index is 0.408. The molecule has 0 unspecified atom stereocenters. The Morgan fingerprint density at radius 2 is 1.92 bits per heavy atom. The van der Waals surface area contributed by atoms with Crippen LogP contribution in [0.4, 0.5) is 0 Å². The predicted molar refractivity (Wildman–Crippen MR) is 55.7 cm³/mol. The molecule has 1 N–H and O–H groups in total. The minimum absolute atomic E-state index is 0.408. The molecule has 1 aliphatic heterocycles. The summed E-state index contributed by atoms with van der Waals surface area (Å²) in [7, 11) is 0. The SMILES string of the molecule is CCN1CCCNC12CCCCC2. The molecular formula is C11H22N2. The fraction of sp³-hybridized carbons (Fsp3) is 1.00. The van der Waals surface area contributed by atoms with E-state index in [1.807, 2.05) is 0 Å². The Balaban J connectivity index is 2.06. The number of rotatable bonds is 1. The maximum atomic E-state index is 3.76. The second-order valence-corrected chi connectivity index (χ2v) is 4.45. The van der Waals surface area contributed by atoms with Gasteiger partial charge in [0.1, 0.15) is 0 Å². The van der Waals surface area contributed by atoms with Gasteiger partial charge in [0.25, 0.3) is 0 Å². The average Bonchev–Trinajstić information content (AvgIpc) is 2.20. The van der Waals surface area contributed by atoms with E-state index in [-0.39, 0.29) is 0 Å². The first kappa shape index (κ1) is 9.47. The van der Waals surface area contributed by atoms with Gasteiger partial charge in [-0.2, -0.15) is 0 Å². The Bertz CT molecular complexity index is 153. The summed E-state index contributed by atoms with van der Waals surface area (Å²) in [6, 6.07) is 0. The summed E-state index contributed by atoms with van der Waals surface area (Å²) >= 11 is 0. The van der Waals surface area contributed by atoms with E-state index in [0.717, 1.165) is 0 Å². The molecule has 0 radical (unpaired) electrons.